The Labute approximate surface area is 136 Å². The zero-order chi connectivity index (χ0) is 17.1. The fourth-order valence-electron chi connectivity index (χ4n) is 1.98. The van der Waals surface area contributed by atoms with E-state index in [1.54, 1.807) is 32.2 Å². The summed E-state index contributed by atoms with van der Waals surface area (Å²) in [5.41, 5.74) is 0.578. The van der Waals surface area contributed by atoms with Crippen LogP contribution in [-0.4, -0.2) is 32.8 Å². The van der Waals surface area contributed by atoms with Gasteiger partial charge in [-0.05, 0) is 19.4 Å². The maximum absolute atomic E-state index is 12.7. The largest absolute Gasteiger partial charge is 0.490 e. The van der Waals surface area contributed by atoms with E-state index in [1.807, 2.05) is 0 Å². The summed E-state index contributed by atoms with van der Waals surface area (Å²) in [4.78, 5) is 4.10. The highest BCUT2D eigenvalue weighted by Crippen LogP contribution is 2.32. The molecule has 0 spiro atoms. The van der Waals surface area contributed by atoms with Gasteiger partial charge in [-0.15, -0.1) is 0 Å². The number of nitrogens with one attached hydrogen (secondary N) is 2. The van der Waals surface area contributed by atoms with Crippen LogP contribution in [0.2, 0.25) is 0 Å². The van der Waals surface area contributed by atoms with Gasteiger partial charge in [-0.2, -0.15) is 8.78 Å². The first kappa shape index (κ1) is 19.0. The molecule has 0 radical (unpaired) electrons. The Morgan fingerprint density at radius 1 is 1.26 bits per heavy atom. The normalized spacial score (nSPS) is 11.5. The Bertz CT molecular complexity index is 496. The number of benzene rings is 1. The van der Waals surface area contributed by atoms with Crippen molar-refractivity contribution in [3.05, 3.63) is 23.8 Å². The number of halogens is 2. The van der Waals surface area contributed by atoms with Crippen LogP contribution < -0.4 is 20.1 Å². The van der Waals surface area contributed by atoms with Gasteiger partial charge in [0.15, 0.2) is 17.5 Å². The first-order chi connectivity index (χ1) is 11.1. The van der Waals surface area contributed by atoms with Crippen LogP contribution in [0, 0.1) is 0 Å². The molecule has 0 amide bonds. The van der Waals surface area contributed by atoms with E-state index >= 15 is 0 Å². The van der Waals surface area contributed by atoms with Gasteiger partial charge in [-0.25, -0.2) is 0 Å². The van der Waals surface area contributed by atoms with Crippen molar-refractivity contribution in [3.63, 3.8) is 0 Å². The summed E-state index contributed by atoms with van der Waals surface area (Å²) in [6, 6.07) is 5.07. The second-order valence-electron chi connectivity index (χ2n) is 4.76. The van der Waals surface area contributed by atoms with Crippen LogP contribution in [0.3, 0.4) is 0 Å². The Hall–Kier alpha value is -2.05. The molecule has 0 aromatic heterocycles. The van der Waals surface area contributed by atoms with E-state index in [9.17, 15) is 8.78 Å². The molecule has 0 aliphatic heterocycles. The van der Waals surface area contributed by atoms with Gasteiger partial charge in [0.05, 0.1) is 6.61 Å². The lowest BCUT2D eigenvalue weighted by Gasteiger charge is -2.17. The summed E-state index contributed by atoms with van der Waals surface area (Å²) in [5, 5.41) is 6.25. The van der Waals surface area contributed by atoms with Gasteiger partial charge in [0.25, 0.3) is 0 Å². The van der Waals surface area contributed by atoms with Crippen molar-refractivity contribution in [1.82, 2.24) is 10.6 Å². The van der Waals surface area contributed by atoms with E-state index in [0.717, 1.165) is 19.4 Å². The number of ether oxygens (including phenoxy) is 2. The third-order valence-electron chi connectivity index (χ3n) is 3.06. The molecule has 0 aliphatic rings. The summed E-state index contributed by atoms with van der Waals surface area (Å²) >= 11 is 0. The molecule has 1 aromatic carbocycles. The quantitative estimate of drug-likeness (QED) is 0.415. The first-order valence-corrected chi connectivity index (χ1v) is 7.76. The lowest BCUT2D eigenvalue weighted by Crippen LogP contribution is -2.37. The molecule has 0 saturated heterocycles. The number of hydrogen-bond donors (Lipinski definition) is 2. The zero-order valence-electron chi connectivity index (χ0n) is 13.9. The highest BCUT2D eigenvalue weighted by molar-refractivity contribution is 5.79. The second-order valence-corrected chi connectivity index (χ2v) is 4.76. The molecule has 130 valence electrons. The van der Waals surface area contributed by atoms with Crippen LogP contribution in [0.25, 0.3) is 0 Å². The Kier molecular flexibility index (Phi) is 8.79. The Morgan fingerprint density at radius 2 is 2.04 bits per heavy atom. The predicted octanol–water partition coefficient (Wildman–Crippen LogP) is 3.15. The number of guanidine groups is 1. The lowest BCUT2D eigenvalue weighted by atomic mass is 10.2. The molecule has 5 nitrogen and oxygen atoms in total. The summed E-state index contributed by atoms with van der Waals surface area (Å²) in [5.74, 6) is 0.977. The number of alkyl halides is 2. The summed E-state index contributed by atoms with van der Waals surface area (Å²) in [6.45, 7) is 2.46. The minimum absolute atomic E-state index is 0.0564. The van der Waals surface area contributed by atoms with E-state index in [2.05, 4.69) is 27.3 Å². The number of rotatable bonds is 9. The number of para-hydroxylation sites is 1. The highest BCUT2D eigenvalue weighted by Gasteiger charge is 2.15. The molecule has 0 aliphatic carbocycles. The first-order valence-electron chi connectivity index (χ1n) is 7.76. The van der Waals surface area contributed by atoms with Crippen molar-refractivity contribution in [2.24, 2.45) is 4.99 Å². The summed E-state index contributed by atoms with van der Waals surface area (Å²) in [6.07, 6.45) is 2.10. The van der Waals surface area contributed by atoms with Crippen molar-refractivity contribution in [3.8, 4) is 11.5 Å². The molecule has 2 N–H and O–H groups in total. The van der Waals surface area contributed by atoms with Crippen molar-refractivity contribution in [2.45, 2.75) is 39.8 Å². The van der Waals surface area contributed by atoms with Crippen LogP contribution in [0.5, 0.6) is 11.5 Å². The third kappa shape index (κ3) is 6.71. The Balaban J connectivity index is 2.79. The summed E-state index contributed by atoms with van der Waals surface area (Å²) < 4.78 is 35.3. The van der Waals surface area contributed by atoms with E-state index < -0.39 is 6.61 Å². The molecule has 7 heteroatoms. The molecule has 1 aromatic rings. The fraction of sp³-hybridized carbons (Fsp3) is 0.562. The maximum atomic E-state index is 12.7. The molecule has 0 bridgehead atoms. The number of nitrogens with zero attached hydrogens (tertiary/aromatic N) is 1. The van der Waals surface area contributed by atoms with Gasteiger partial charge in [-0.3, -0.25) is 4.99 Å². The summed E-state index contributed by atoms with van der Waals surface area (Å²) in [7, 11) is 1.66. The van der Waals surface area contributed by atoms with E-state index in [1.165, 1.54) is 0 Å². The number of aliphatic imine (C=N–C) groups is 1. The standard InChI is InChI=1S/C16H25F2N3O2/c1-4-6-10-20-16(19-3)21-11-12-8-7-9-13(22-5-2)14(12)23-15(17)18/h7-9,15H,4-6,10-11H2,1-3H3,(H2,19,20,21). The van der Waals surface area contributed by atoms with Crippen LogP contribution in [-0.2, 0) is 6.54 Å². The van der Waals surface area contributed by atoms with Gasteiger partial charge in [0.2, 0.25) is 0 Å². The third-order valence-corrected chi connectivity index (χ3v) is 3.06. The molecule has 0 saturated carbocycles. The van der Waals surface area contributed by atoms with Gasteiger partial charge >= 0.3 is 6.61 Å². The molecular weight excluding hydrogens is 304 g/mol. The van der Waals surface area contributed by atoms with Crippen LogP contribution >= 0.6 is 0 Å². The highest BCUT2D eigenvalue weighted by atomic mass is 19.3. The fourth-order valence-corrected chi connectivity index (χ4v) is 1.98. The number of unbranched alkanes of at least 4 members (excludes halogenated alkanes) is 1. The monoisotopic (exact) mass is 329 g/mol. The molecule has 0 atom stereocenters. The van der Waals surface area contributed by atoms with Crippen molar-refractivity contribution >= 4 is 5.96 Å². The average Bonchev–Trinajstić information content (AvgIpc) is 2.53. The van der Waals surface area contributed by atoms with Gasteiger partial charge in [0.1, 0.15) is 0 Å². The van der Waals surface area contributed by atoms with Gasteiger partial charge in [-0.1, -0.05) is 25.5 Å². The van der Waals surface area contributed by atoms with Crippen molar-refractivity contribution in [1.29, 1.82) is 0 Å². The topological polar surface area (TPSA) is 54.9 Å². The van der Waals surface area contributed by atoms with Crippen LogP contribution in [0.4, 0.5) is 8.78 Å². The lowest BCUT2D eigenvalue weighted by molar-refractivity contribution is -0.0520. The van der Waals surface area contributed by atoms with Gasteiger partial charge < -0.3 is 20.1 Å². The molecular formula is C16H25F2N3O2. The Morgan fingerprint density at radius 3 is 2.65 bits per heavy atom. The van der Waals surface area contributed by atoms with Crippen LogP contribution in [0.1, 0.15) is 32.3 Å². The number of hydrogen-bond acceptors (Lipinski definition) is 3. The SMILES string of the molecule is CCCCNC(=NC)NCc1cccc(OCC)c1OC(F)F. The smallest absolute Gasteiger partial charge is 0.387 e. The molecule has 1 rings (SSSR count). The van der Waals surface area contributed by atoms with Gasteiger partial charge in [0, 0.05) is 25.7 Å². The molecule has 0 fully saturated rings. The average molecular weight is 329 g/mol. The van der Waals surface area contributed by atoms with E-state index in [-0.39, 0.29) is 5.75 Å². The minimum Gasteiger partial charge on any atom is -0.490 e. The molecule has 0 unspecified atom stereocenters. The predicted molar refractivity (Wildman–Crippen MR) is 87.4 cm³/mol. The minimum atomic E-state index is -2.91. The maximum Gasteiger partial charge on any atom is 0.387 e. The molecule has 0 heterocycles. The van der Waals surface area contributed by atoms with Crippen molar-refractivity contribution in [2.75, 3.05) is 20.2 Å². The second kappa shape index (κ2) is 10.6. The zero-order valence-corrected chi connectivity index (χ0v) is 13.9. The molecule has 23 heavy (non-hydrogen) atoms. The van der Waals surface area contributed by atoms with E-state index in [4.69, 9.17) is 4.74 Å². The van der Waals surface area contributed by atoms with E-state index in [0.29, 0.717) is 30.4 Å². The van der Waals surface area contributed by atoms with Crippen molar-refractivity contribution < 1.29 is 18.3 Å². The van der Waals surface area contributed by atoms with Crippen LogP contribution in [0.15, 0.2) is 23.2 Å².